The SMILES string of the molecule is COc1ccc(Br)cc1C(N)CCCCC(N)=O. The Morgan fingerprint density at radius 1 is 1.44 bits per heavy atom. The van der Waals surface area contributed by atoms with Crippen LogP contribution in [0, 0.1) is 0 Å². The Morgan fingerprint density at radius 2 is 2.17 bits per heavy atom. The molecular formula is C13H19BrN2O2. The molecule has 1 rings (SSSR count). The Kier molecular flexibility index (Phi) is 6.15. The summed E-state index contributed by atoms with van der Waals surface area (Å²) >= 11 is 3.42. The standard InChI is InChI=1S/C13H19BrN2O2/c1-18-12-7-6-9(14)8-10(12)11(15)4-2-3-5-13(16)17/h6-8,11H,2-5,15H2,1H3,(H2,16,17). The van der Waals surface area contributed by atoms with Crippen molar-refractivity contribution in [1.29, 1.82) is 0 Å². The van der Waals surface area contributed by atoms with Crippen molar-refractivity contribution in [2.75, 3.05) is 7.11 Å². The van der Waals surface area contributed by atoms with Gasteiger partial charge in [-0.2, -0.15) is 0 Å². The first-order chi connectivity index (χ1) is 8.54. The van der Waals surface area contributed by atoms with Crippen molar-refractivity contribution < 1.29 is 9.53 Å². The molecule has 0 bridgehead atoms. The topological polar surface area (TPSA) is 78.3 Å². The molecule has 1 atom stereocenters. The minimum Gasteiger partial charge on any atom is -0.496 e. The number of unbranched alkanes of at least 4 members (excludes halogenated alkanes) is 1. The molecule has 0 aromatic heterocycles. The van der Waals surface area contributed by atoms with E-state index in [9.17, 15) is 4.79 Å². The fraction of sp³-hybridized carbons (Fsp3) is 0.462. The van der Waals surface area contributed by atoms with Gasteiger partial charge in [-0.25, -0.2) is 0 Å². The first-order valence-electron chi connectivity index (χ1n) is 5.92. The van der Waals surface area contributed by atoms with Gasteiger partial charge in [0.1, 0.15) is 5.75 Å². The molecule has 100 valence electrons. The third-order valence-electron chi connectivity index (χ3n) is 2.78. The number of methoxy groups -OCH3 is 1. The Labute approximate surface area is 116 Å². The second kappa shape index (κ2) is 7.38. The van der Waals surface area contributed by atoms with Crippen LogP contribution in [-0.2, 0) is 4.79 Å². The van der Waals surface area contributed by atoms with E-state index in [-0.39, 0.29) is 11.9 Å². The number of hydrogen-bond acceptors (Lipinski definition) is 3. The van der Waals surface area contributed by atoms with E-state index in [0.29, 0.717) is 6.42 Å². The number of carbonyl (C=O) groups is 1. The smallest absolute Gasteiger partial charge is 0.217 e. The largest absolute Gasteiger partial charge is 0.496 e. The van der Waals surface area contributed by atoms with Crippen LogP contribution in [0.3, 0.4) is 0 Å². The van der Waals surface area contributed by atoms with Gasteiger partial charge in [0.15, 0.2) is 0 Å². The molecule has 4 N–H and O–H groups in total. The maximum Gasteiger partial charge on any atom is 0.217 e. The second-order valence-corrected chi connectivity index (χ2v) is 5.12. The molecule has 0 fully saturated rings. The molecule has 0 aliphatic carbocycles. The quantitative estimate of drug-likeness (QED) is 0.759. The van der Waals surface area contributed by atoms with Crippen LogP contribution < -0.4 is 16.2 Å². The van der Waals surface area contributed by atoms with Gasteiger partial charge in [-0.3, -0.25) is 4.79 Å². The van der Waals surface area contributed by atoms with Crippen LogP contribution in [0.4, 0.5) is 0 Å². The highest BCUT2D eigenvalue weighted by molar-refractivity contribution is 9.10. The third-order valence-corrected chi connectivity index (χ3v) is 3.27. The molecule has 0 saturated heterocycles. The van der Waals surface area contributed by atoms with Gasteiger partial charge in [0.25, 0.3) is 0 Å². The first kappa shape index (κ1) is 15.0. The number of rotatable bonds is 7. The van der Waals surface area contributed by atoms with Crippen molar-refractivity contribution >= 4 is 21.8 Å². The van der Waals surface area contributed by atoms with Crippen molar-refractivity contribution in [2.45, 2.75) is 31.7 Å². The zero-order chi connectivity index (χ0) is 13.5. The van der Waals surface area contributed by atoms with Crippen LogP contribution in [0.15, 0.2) is 22.7 Å². The Hall–Kier alpha value is -1.07. The molecule has 0 saturated carbocycles. The monoisotopic (exact) mass is 314 g/mol. The average Bonchev–Trinajstić information content (AvgIpc) is 2.34. The zero-order valence-electron chi connectivity index (χ0n) is 10.5. The lowest BCUT2D eigenvalue weighted by Crippen LogP contribution is -2.13. The zero-order valence-corrected chi connectivity index (χ0v) is 12.1. The fourth-order valence-electron chi connectivity index (χ4n) is 1.81. The number of primary amides is 1. The molecule has 0 radical (unpaired) electrons. The molecule has 0 aliphatic heterocycles. The molecule has 1 unspecified atom stereocenters. The highest BCUT2D eigenvalue weighted by Crippen LogP contribution is 2.29. The number of amides is 1. The van der Waals surface area contributed by atoms with E-state index in [1.54, 1.807) is 7.11 Å². The maximum atomic E-state index is 10.6. The van der Waals surface area contributed by atoms with Crippen molar-refractivity contribution in [2.24, 2.45) is 11.5 Å². The number of halogens is 1. The van der Waals surface area contributed by atoms with Crippen LogP contribution in [0.5, 0.6) is 5.75 Å². The van der Waals surface area contributed by atoms with Gasteiger partial charge in [-0.15, -0.1) is 0 Å². The molecule has 18 heavy (non-hydrogen) atoms. The van der Waals surface area contributed by atoms with Crippen LogP contribution >= 0.6 is 15.9 Å². The second-order valence-electron chi connectivity index (χ2n) is 4.20. The van der Waals surface area contributed by atoms with Crippen LogP contribution in [0.2, 0.25) is 0 Å². The van der Waals surface area contributed by atoms with E-state index in [4.69, 9.17) is 16.2 Å². The fourth-order valence-corrected chi connectivity index (χ4v) is 2.19. The Balaban J connectivity index is 2.57. The highest BCUT2D eigenvalue weighted by Gasteiger charge is 2.12. The van der Waals surface area contributed by atoms with E-state index in [1.165, 1.54) is 0 Å². The summed E-state index contributed by atoms with van der Waals surface area (Å²) in [5, 5.41) is 0. The Morgan fingerprint density at radius 3 is 2.78 bits per heavy atom. The van der Waals surface area contributed by atoms with Crippen LogP contribution in [-0.4, -0.2) is 13.0 Å². The number of benzene rings is 1. The van der Waals surface area contributed by atoms with Gasteiger partial charge in [0.05, 0.1) is 7.11 Å². The molecule has 5 heteroatoms. The molecule has 1 aromatic rings. The minimum absolute atomic E-state index is 0.0923. The lowest BCUT2D eigenvalue weighted by molar-refractivity contribution is -0.118. The predicted molar refractivity (Wildman–Crippen MR) is 75.3 cm³/mol. The molecule has 1 aromatic carbocycles. The number of hydrogen-bond donors (Lipinski definition) is 2. The maximum absolute atomic E-state index is 10.6. The molecule has 0 heterocycles. The Bertz CT molecular complexity index is 410. The van der Waals surface area contributed by atoms with E-state index in [0.717, 1.165) is 35.0 Å². The van der Waals surface area contributed by atoms with Gasteiger partial charge < -0.3 is 16.2 Å². The van der Waals surface area contributed by atoms with Crippen LogP contribution in [0.25, 0.3) is 0 Å². The number of carbonyl (C=O) groups excluding carboxylic acids is 1. The lowest BCUT2D eigenvalue weighted by Gasteiger charge is -2.16. The minimum atomic E-state index is -0.261. The average molecular weight is 315 g/mol. The summed E-state index contributed by atoms with van der Waals surface area (Å²) in [5.41, 5.74) is 12.2. The number of ether oxygens (including phenoxy) is 1. The molecular weight excluding hydrogens is 296 g/mol. The normalized spacial score (nSPS) is 12.2. The third kappa shape index (κ3) is 4.66. The van der Waals surface area contributed by atoms with E-state index >= 15 is 0 Å². The summed E-state index contributed by atoms with van der Waals surface area (Å²) < 4.78 is 6.27. The van der Waals surface area contributed by atoms with Gasteiger partial charge in [-0.05, 0) is 31.0 Å². The van der Waals surface area contributed by atoms with Crippen molar-refractivity contribution in [3.63, 3.8) is 0 Å². The van der Waals surface area contributed by atoms with Gasteiger partial charge in [-0.1, -0.05) is 22.4 Å². The first-order valence-corrected chi connectivity index (χ1v) is 6.71. The summed E-state index contributed by atoms with van der Waals surface area (Å²) in [4.78, 5) is 10.6. The summed E-state index contributed by atoms with van der Waals surface area (Å²) in [6.07, 6.45) is 2.88. The molecule has 1 amide bonds. The molecule has 0 aliphatic rings. The van der Waals surface area contributed by atoms with Crippen LogP contribution in [0.1, 0.15) is 37.3 Å². The summed E-state index contributed by atoms with van der Waals surface area (Å²) in [6.45, 7) is 0. The lowest BCUT2D eigenvalue weighted by atomic mass is 10.0. The van der Waals surface area contributed by atoms with E-state index in [2.05, 4.69) is 15.9 Å². The van der Waals surface area contributed by atoms with Gasteiger partial charge in [0, 0.05) is 22.5 Å². The molecule has 4 nitrogen and oxygen atoms in total. The molecule has 0 spiro atoms. The summed E-state index contributed by atoms with van der Waals surface area (Å²) in [6, 6.07) is 5.69. The summed E-state index contributed by atoms with van der Waals surface area (Å²) in [7, 11) is 1.63. The van der Waals surface area contributed by atoms with Crippen molar-refractivity contribution in [3.05, 3.63) is 28.2 Å². The highest BCUT2D eigenvalue weighted by atomic mass is 79.9. The van der Waals surface area contributed by atoms with Crippen molar-refractivity contribution in [1.82, 2.24) is 0 Å². The predicted octanol–water partition coefficient (Wildman–Crippen LogP) is 2.50. The summed E-state index contributed by atoms with van der Waals surface area (Å²) in [5.74, 6) is 0.532. The van der Waals surface area contributed by atoms with Gasteiger partial charge >= 0.3 is 0 Å². The van der Waals surface area contributed by atoms with E-state index in [1.807, 2.05) is 18.2 Å². The van der Waals surface area contributed by atoms with Gasteiger partial charge in [0.2, 0.25) is 5.91 Å². The van der Waals surface area contributed by atoms with E-state index < -0.39 is 0 Å². The van der Waals surface area contributed by atoms with Crippen molar-refractivity contribution in [3.8, 4) is 5.75 Å². The number of nitrogens with two attached hydrogens (primary N) is 2.